The number of carbonyl (C=O) groups is 1. The molecule has 0 spiro atoms. The number of aromatic nitrogens is 3. The van der Waals surface area contributed by atoms with Crippen LogP contribution in [0.25, 0.3) is 28.0 Å². The lowest BCUT2D eigenvalue weighted by atomic mass is 10.2. The first-order valence-corrected chi connectivity index (χ1v) is 12.2. The van der Waals surface area contributed by atoms with Crippen LogP contribution in [0.1, 0.15) is 16.1 Å². The van der Waals surface area contributed by atoms with Crippen LogP contribution < -0.4 is 15.4 Å². The Bertz CT molecular complexity index is 1650. The summed E-state index contributed by atoms with van der Waals surface area (Å²) in [6.45, 7) is 1.91. The fraction of sp³-hybridized carbons (Fsp3) is 0.0769. The van der Waals surface area contributed by atoms with E-state index in [-0.39, 0.29) is 10.9 Å². The molecule has 2 aromatic heterocycles. The molecule has 11 heteroatoms. The number of aryl methyl sites for hydroxylation is 1. The Kier molecular flexibility index (Phi) is 6.84. The van der Waals surface area contributed by atoms with E-state index in [1.165, 1.54) is 0 Å². The number of amides is 1. The van der Waals surface area contributed by atoms with Crippen molar-refractivity contribution in [3.05, 3.63) is 88.1 Å². The van der Waals surface area contributed by atoms with Gasteiger partial charge in [-0.2, -0.15) is 4.80 Å². The van der Waals surface area contributed by atoms with E-state index in [4.69, 9.17) is 44.6 Å². The molecule has 0 aliphatic heterocycles. The van der Waals surface area contributed by atoms with E-state index in [0.29, 0.717) is 32.6 Å². The zero-order chi connectivity index (χ0) is 26.1. The van der Waals surface area contributed by atoms with Crippen LogP contribution in [0.15, 0.2) is 71.1 Å². The molecule has 0 aliphatic rings. The largest absolute Gasteiger partial charge is 0.497 e. The third-order valence-electron chi connectivity index (χ3n) is 5.55. The fourth-order valence-corrected chi connectivity index (χ4v) is 4.25. The molecule has 1 amide bonds. The van der Waals surface area contributed by atoms with Crippen LogP contribution in [0, 0.1) is 6.92 Å². The highest BCUT2D eigenvalue weighted by atomic mass is 35.5. The fourth-order valence-electron chi connectivity index (χ4n) is 3.65. The summed E-state index contributed by atoms with van der Waals surface area (Å²) >= 11 is 17.7. The predicted octanol–water partition coefficient (Wildman–Crippen LogP) is 6.43. The minimum Gasteiger partial charge on any atom is -0.497 e. The highest BCUT2D eigenvalue weighted by Crippen LogP contribution is 2.34. The molecule has 0 fully saturated rings. The number of nitrogens with zero attached hydrogens (tertiary/aromatic N) is 3. The van der Waals surface area contributed by atoms with Crippen LogP contribution in [0.4, 0.5) is 5.69 Å². The normalized spacial score (nSPS) is 10.9. The molecule has 5 rings (SSSR count). The van der Waals surface area contributed by atoms with E-state index in [1.807, 2.05) is 43.3 Å². The number of hydrogen-bond donors (Lipinski definition) is 2. The van der Waals surface area contributed by atoms with Crippen molar-refractivity contribution in [2.24, 2.45) is 0 Å². The first kappa shape index (κ1) is 24.8. The molecule has 0 aliphatic carbocycles. The van der Waals surface area contributed by atoms with Crippen molar-refractivity contribution >= 4 is 63.2 Å². The van der Waals surface area contributed by atoms with Gasteiger partial charge in [0.2, 0.25) is 0 Å². The van der Waals surface area contributed by atoms with Crippen molar-refractivity contribution < 1.29 is 13.9 Å². The van der Waals surface area contributed by atoms with Gasteiger partial charge < -0.3 is 14.5 Å². The monoisotopic (exact) mass is 551 g/mol. The van der Waals surface area contributed by atoms with Crippen LogP contribution in [-0.4, -0.2) is 33.1 Å². The lowest BCUT2D eigenvalue weighted by Crippen LogP contribution is -2.34. The van der Waals surface area contributed by atoms with Crippen molar-refractivity contribution in [2.45, 2.75) is 6.92 Å². The van der Waals surface area contributed by atoms with E-state index in [2.05, 4.69) is 20.8 Å². The van der Waals surface area contributed by atoms with Gasteiger partial charge >= 0.3 is 0 Å². The van der Waals surface area contributed by atoms with Crippen molar-refractivity contribution in [3.8, 4) is 22.8 Å². The first-order valence-electron chi connectivity index (χ1n) is 11.0. The maximum Gasteiger partial charge on any atom is 0.293 e. The van der Waals surface area contributed by atoms with Crippen molar-refractivity contribution in [2.75, 3.05) is 12.4 Å². The standard InChI is InChI=1S/C26H19Cl2N5O3S/c1-14-12-20-21(32-33(31-20)15-6-8-16(35-2)9-7-15)13-19(14)29-26(37)30-25(34)23-11-10-22(36-23)17-4-3-5-18(27)24(17)28/h3-13H,1-2H3,(H2,29,30,34,37). The maximum absolute atomic E-state index is 12.7. The quantitative estimate of drug-likeness (QED) is 0.243. The lowest BCUT2D eigenvalue weighted by molar-refractivity contribution is 0.0951. The predicted molar refractivity (Wildman–Crippen MR) is 148 cm³/mol. The van der Waals surface area contributed by atoms with Gasteiger partial charge in [-0.05, 0) is 85.4 Å². The lowest BCUT2D eigenvalue weighted by Gasteiger charge is -2.11. The maximum atomic E-state index is 12.7. The Morgan fingerprint density at radius 1 is 1.03 bits per heavy atom. The van der Waals surface area contributed by atoms with E-state index < -0.39 is 5.91 Å². The molecule has 2 N–H and O–H groups in total. The number of carbonyl (C=O) groups excluding carboxylic acids is 1. The second kappa shape index (κ2) is 10.2. The molecule has 0 unspecified atom stereocenters. The van der Waals surface area contributed by atoms with Crippen molar-refractivity contribution in [1.29, 1.82) is 0 Å². The Morgan fingerprint density at radius 2 is 1.76 bits per heavy atom. The minimum atomic E-state index is -0.508. The third-order valence-corrected chi connectivity index (χ3v) is 6.57. The van der Waals surface area contributed by atoms with Crippen LogP contribution in [-0.2, 0) is 0 Å². The number of methoxy groups -OCH3 is 1. The van der Waals surface area contributed by atoms with Gasteiger partial charge in [-0.3, -0.25) is 10.1 Å². The second-order valence-electron chi connectivity index (χ2n) is 8.02. The van der Waals surface area contributed by atoms with Gasteiger partial charge in [0.25, 0.3) is 5.91 Å². The summed E-state index contributed by atoms with van der Waals surface area (Å²) in [4.78, 5) is 14.3. The summed E-state index contributed by atoms with van der Waals surface area (Å²) in [5.74, 6) is 0.728. The summed E-state index contributed by atoms with van der Waals surface area (Å²) in [5, 5.41) is 15.6. The molecule has 0 atom stereocenters. The number of hydrogen-bond acceptors (Lipinski definition) is 6. The number of nitrogens with one attached hydrogen (secondary N) is 2. The van der Waals surface area contributed by atoms with Gasteiger partial charge in [-0.25, -0.2) is 0 Å². The number of halogens is 2. The van der Waals surface area contributed by atoms with Crippen LogP contribution in [0.5, 0.6) is 5.75 Å². The highest BCUT2D eigenvalue weighted by Gasteiger charge is 2.17. The Labute approximate surface area is 227 Å². The number of furan rings is 1. The van der Waals surface area contributed by atoms with Gasteiger partial charge in [-0.15, -0.1) is 10.2 Å². The van der Waals surface area contributed by atoms with Gasteiger partial charge in [0.05, 0.1) is 22.8 Å². The summed E-state index contributed by atoms with van der Waals surface area (Å²) in [6, 6.07) is 19.5. The smallest absolute Gasteiger partial charge is 0.293 e. The van der Waals surface area contributed by atoms with Gasteiger partial charge in [0.1, 0.15) is 22.5 Å². The summed E-state index contributed by atoms with van der Waals surface area (Å²) < 4.78 is 10.9. The molecular formula is C26H19Cl2N5O3S. The molecule has 5 aromatic rings. The minimum absolute atomic E-state index is 0.0739. The van der Waals surface area contributed by atoms with Gasteiger partial charge in [0, 0.05) is 11.3 Å². The molecule has 0 radical (unpaired) electrons. The zero-order valence-corrected chi connectivity index (χ0v) is 21.9. The molecule has 8 nitrogen and oxygen atoms in total. The molecular weight excluding hydrogens is 533 g/mol. The topological polar surface area (TPSA) is 94.2 Å². The molecule has 0 bridgehead atoms. The van der Waals surface area contributed by atoms with Crippen LogP contribution in [0.2, 0.25) is 10.0 Å². The van der Waals surface area contributed by atoms with E-state index in [1.54, 1.807) is 42.2 Å². The number of rotatable bonds is 5. The molecule has 3 aromatic carbocycles. The van der Waals surface area contributed by atoms with E-state index in [9.17, 15) is 4.79 Å². The van der Waals surface area contributed by atoms with Crippen molar-refractivity contribution in [1.82, 2.24) is 20.3 Å². The number of thiocarbonyl (C=S) groups is 1. The van der Waals surface area contributed by atoms with E-state index in [0.717, 1.165) is 22.5 Å². The molecule has 37 heavy (non-hydrogen) atoms. The number of anilines is 1. The second-order valence-corrected chi connectivity index (χ2v) is 9.21. The molecule has 186 valence electrons. The highest BCUT2D eigenvalue weighted by molar-refractivity contribution is 7.80. The summed E-state index contributed by atoms with van der Waals surface area (Å²) in [5.41, 5.74) is 4.32. The van der Waals surface area contributed by atoms with Crippen LogP contribution >= 0.6 is 35.4 Å². The van der Waals surface area contributed by atoms with Gasteiger partial charge in [0.15, 0.2) is 10.9 Å². The average Bonchev–Trinajstić information content (AvgIpc) is 3.53. The van der Waals surface area contributed by atoms with Crippen molar-refractivity contribution in [3.63, 3.8) is 0 Å². The molecule has 2 heterocycles. The molecule has 0 saturated heterocycles. The van der Waals surface area contributed by atoms with E-state index >= 15 is 0 Å². The Morgan fingerprint density at radius 3 is 2.49 bits per heavy atom. The van der Waals surface area contributed by atoms with Crippen LogP contribution in [0.3, 0.4) is 0 Å². The number of fused-ring (bicyclic) bond motifs is 1. The number of benzene rings is 3. The third kappa shape index (κ3) is 5.15. The Hall–Kier alpha value is -3.92. The SMILES string of the molecule is COc1ccc(-n2nc3cc(C)c(NC(=S)NC(=O)c4ccc(-c5cccc(Cl)c5Cl)o4)cc3n2)cc1. The zero-order valence-electron chi connectivity index (χ0n) is 19.6. The van der Waals surface area contributed by atoms with Gasteiger partial charge in [-0.1, -0.05) is 29.3 Å². The average molecular weight is 552 g/mol. The molecule has 0 saturated carbocycles. The summed E-state index contributed by atoms with van der Waals surface area (Å²) in [7, 11) is 1.61. The number of ether oxygens (including phenoxy) is 1. The first-order chi connectivity index (χ1) is 17.8. The summed E-state index contributed by atoms with van der Waals surface area (Å²) in [6.07, 6.45) is 0. The Balaban J connectivity index is 1.30.